The zero-order valence-electron chi connectivity index (χ0n) is 14.0. The minimum Gasteiger partial charge on any atom is -0.405 e. The molecule has 1 aromatic heterocycles. The third-order valence-electron chi connectivity index (χ3n) is 3.60. The van der Waals surface area contributed by atoms with E-state index in [0.717, 1.165) is 0 Å². The zero-order valence-corrected chi connectivity index (χ0v) is 15.5. The van der Waals surface area contributed by atoms with Gasteiger partial charge in [-0.3, -0.25) is 9.48 Å². The molecular formula is C18H12Cl2F3N3O2. The number of halogens is 5. The van der Waals surface area contributed by atoms with E-state index in [2.05, 4.69) is 15.2 Å². The monoisotopic (exact) mass is 429 g/mol. The molecule has 0 unspecified atom stereocenters. The van der Waals surface area contributed by atoms with Crippen LogP contribution in [-0.2, 0) is 6.54 Å². The topological polar surface area (TPSA) is 56.2 Å². The van der Waals surface area contributed by atoms with E-state index in [4.69, 9.17) is 23.2 Å². The summed E-state index contributed by atoms with van der Waals surface area (Å²) in [6, 6.07) is 11.9. The smallest absolute Gasteiger partial charge is 0.405 e. The van der Waals surface area contributed by atoms with Crippen molar-refractivity contribution in [2.75, 3.05) is 5.32 Å². The van der Waals surface area contributed by atoms with Gasteiger partial charge in [-0.15, -0.1) is 13.2 Å². The number of alkyl halides is 3. The van der Waals surface area contributed by atoms with Crippen molar-refractivity contribution >= 4 is 34.9 Å². The molecule has 0 saturated carbocycles. The molecular weight excluding hydrogens is 418 g/mol. The summed E-state index contributed by atoms with van der Waals surface area (Å²) >= 11 is 12.0. The first-order chi connectivity index (χ1) is 13.2. The van der Waals surface area contributed by atoms with Gasteiger partial charge in [0.05, 0.1) is 22.2 Å². The van der Waals surface area contributed by atoms with Crippen LogP contribution in [0, 0.1) is 0 Å². The number of nitrogens with zero attached hydrogens (tertiary/aromatic N) is 2. The highest BCUT2D eigenvalue weighted by atomic mass is 35.5. The molecule has 1 heterocycles. The van der Waals surface area contributed by atoms with Gasteiger partial charge in [-0.1, -0.05) is 47.5 Å². The van der Waals surface area contributed by atoms with Gasteiger partial charge in [0.25, 0.3) is 5.91 Å². The van der Waals surface area contributed by atoms with E-state index in [1.165, 1.54) is 47.3 Å². The number of rotatable bonds is 5. The fraction of sp³-hybridized carbons (Fsp3) is 0.111. The number of benzene rings is 2. The lowest BCUT2D eigenvalue weighted by Crippen LogP contribution is -2.18. The van der Waals surface area contributed by atoms with Crippen molar-refractivity contribution in [2.24, 2.45) is 0 Å². The number of anilines is 1. The number of para-hydroxylation sites is 1. The van der Waals surface area contributed by atoms with E-state index >= 15 is 0 Å². The summed E-state index contributed by atoms with van der Waals surface area (Å²) in [7, 11) is 0. The molecule has 1 amide bonds. The second-order valence-electron chi connectivity index (χ2n) is 5.60. The Hall–Kier alpha value is -2.71. The predicted octanol–water partition coefficient (Wildman–Crippen LogP) is 5.39. The van der Waals surface area contributed by atoms with Gasteiger partial charge < -0.3 is 10.1 Å². The molecule has 0 fully saturated rings. The van der Waals surface area contributed by atoms with Crippen molar-refractivity contribution in [3.05, 3.63) is 75.9 Å². The van der Waals surface area contributed by atoms with E-state index in [9.17, 15) is 18.0 Å². The molecule has 0 bridgehead atoms. The average molecular weight is 430 g/mol. The lowest BCUT2D eigenvalue weighted by atomic mass is 10.2. The lowest BCUT2D eigenvalue weighted by molar-refractivity contribution is -0.274. The third kappa shape index (κ3) is 4.96. The maximum atomic E-state index is 12.5. The number of nitrogens with one attached hydrogen (secondary N) is 1. The van der Waals surface area contributed by atoms with Gasteiger partial charge in [-0.2, -0.15) is 5.10 Å². The van der Waals surface area contributed by atoms with E-state index in [1.807, 2.05) is 0 Å². The zero-order chi connectivity index (χ0) is 20.3. The number of ether oxygens (including phenoxy) is 1. The van der Waals surface area contributed by atoms with E-state index in [1.54, 1.807) is 12.1 Å². The maximum Gasteiger partial charge on any atom is 0.573 e. The number of amides is 1. The minimum atomic E-state index is -4.80. The van der Waals surface area contributed by atoms with Gasteiger partial charge >= 0.3 is 6.36 Å². The predicted molar refractivity (Wildman–Crippen MR) is 98.9 cm³/mol. The summed E-state index contributed by atoms with van der Waals surface area (Å²) in [5.41, 5.74) is 0.374. The molecule has 0 aliphatic heterocycles. The molecule has 0 radical (unpaired) electrons. The number of hydrogen-bond acceptors (Lipinski definition) is 3. The Morgan fingerprint density at radius 2 is 1.75 bits per heavy atom. The third-order valence-corrected chi connectivity index (χ3v) is 4.23. The number of hydrogen-bond donors (Lipinski definition) is 1. The molecule has 5 nitrogen and oxygen atoms in total. The second-order valence-corrected chi connectivity index (χ2v) is 6.42. The molecule has 0 saturated heterocycles. The molecule has 146 valence electrons. The molecule has 0 aliphatic rings. The first-order valence-corrected chi connectivity index (χ1v) is 8.61. The molecule has 10 heteroatoms. The summed E-state index contributed by atoms with van der Waals surface area (Å²) in [6.07, 6.45) is -3.29. The summed E-state index contributed by atoms with van der Waals surface area (Å²) in [5.74, 6) is -0.684. The normalized spacial score (nSPS) is 11.3. The van der Waals surface area contributed by atoms with Gasteiger partial charge in [-0.05, 0) is 18.2 Å². The molecule has 3 aromatic rings. The van der Waals surface area contributed by atoms with Crippen molar-refractivity contribution in [1.82, 2.24) is 9.78 Å². The van der Waals surface area contributed by atoms with Gasteiger partial charge in [0.2, 0.25) is 0 Å². The Morgan fingerprint density at radius 3 is 2.43 bits per heavy atom. The fourth-order valence-electron chi connectivity index (χ4n) is 2.44. The van der Waals surface area contributed by atoms with Gasteiger partial charge in [0.1, 0.15) is 5.75 Å². The Kier molecular flexibility index (Phi) is 5.81. The van der Waals surface area contributed by atoms with Crippen molar-refractivity contribution in [2.45, 2.75) is 12.9 Å². The van der Waals surface area contributed by atoms with Crippen molar-refractivity contribution < 1.29 is 22.7 Å². The van der Waals surface area contributed by atoms with Gasteiger partial charge in [0.15, 0.2) is 5.82 Å². The first-order valence-electron chi connectivity index (χ1n) is 7.85. The molecule has 3 rings (SSSR count). The molecule has 1 N–H and O–H groups in total. The van der Waals surface area contributed by atoms with Crippen LogP contribution in [0.4, 0.5) is 19.0 Å². The van der Waals surface area contributed by atoms with Crippen LogP contribution < -0.4 is 10.1 Å². The quantitative estimate of drug-likeness (QED) is 0.591. The van der Waals surface area contributed by atoms with Crippen LogP contribution in [0.3, 0.4) is 0 Å². The van der Waals surface area contributed by atoms with Crippen molar-refractivity contribution in [1.29, 1.82) is 0 Å². The number of aromatic nitrogens is 2. The Bertz CT molecular complexity index is 985. The van der Waals surface area contributed by atoms with Crippen LogP contribution in [0.5, 0.6) is 5.75 Å². The highest BCUT2D eigenvalue weighted by Crippen LogP contribution is 2.27. The summed E-state index contributed by atoms with van der Waals surface area (Å²) < 4.78 is 42.9. The Labute approximate surface area is 167 Å². The standard InChI is InChI=1S/C18H12Cl2F3N3O2/c19-12-5-3-6-13(20)16(12)17(27)24-15-8-9-26(25-15)10-11-4-1-2-7-14(11)28-18(21,22)23/h1-9H,10H2,(H,24,25,27). The summed E-state index contributed by atoms with van der Waals surface area (Å²) in [6.45, 7) is 0.00890. The SMILES string of the molecule is O=C(Nc1ccn(Cc2ccccc2OC(F)(F)F)n1)c1c(Cl)cccc1Cl. The van der Waals surface area contributed by atoms with Crippen LogP contribution in [-0.4, -0.2) is 22.1 Å². The van der Waals surface area contributed by atoms with Gasteiger partial charge in [0, 0.05) is 17.8 Å². The highest BCUT2D eigenvalue weighted by Gasteiger charge is 2.32. The van der Waals surface area contributed by atoms with Crippen LogP contribution in [0.1, 0.15) is 15.9 Å². The van der Waals surface area contributed by atoms with Crippen LogP contribution in [0.15, 0.2) is 54.7 Å². The van der Waals surface area contributed by atoms with Crippen molar-refractivity contribution in [3.63, 3.8) is 0 Å². The number of carbonyl (C=O) groups excluding carboxylic acids is 1. The van der Waals surface area contributed by atoms with E-state index in [-0.39, 0.29) is 39.3 Å². The van der Waals surface area contributed by atoms with Crippen LogP contribution in [0.25, 0.3) is 0 Å². The second kappa shape index (κ2) is 8.12. The van der Waals surface area contributed by atoms with E-state index < -0.39 is 12.3 Å². The Morgan fingerprint density at radius 1 is 1.07 bits per heavy atom. The fourth-order valence-corrected chi connectivity index (χ4v) is 3.01. The lowest BCUT2D eigenvalue weighted by Gasteiger charge is -2.13. The maximum absolute atomic E-state index is 12.5. The largest absolute Gasteiger partial charge is 0.573 e. The van der Waals surface area contributed by atoms with E-state index in [0.29, 0.717) is 0 Å². The molecule has 28 heavy (non-hydrogen) atoms. The molecule has 2 aromatic carbocycles. The summed E-state index contributed by atoms with van der Waals surface area (Å²) in [4.78, 5) is 12.4. The highest BCUT2D eigenvalue weighted by molar-refractivity contribution is 6.40. The molecule has 0 aliphatic carbocycles. The van der Waals surface area contributed by atoms with Crippen LogP contribution >= 0.6 is 23.2 Å². The first kappa shape index (κ1) is 20.0. The molecule has 0 atom stereocenters. The molecule has 0 spiro atoms. The summed E-state index contributed by atoms with van der Waals surface area (Å²) in [5, 5.41) is 7.04. The van der Waals surface area contributed by atoms with Crippen molar-refractivity contribution in [3.8, 4) is 5.75 Å². The number of carbonyl (C=O) groups is 1. The van der Waals surface area contributed by atoms with Gasteiger partial charge in [-0.25, -0.2) is 0 Å². The van der Waals surface area contributed by atoms with Crippen LogP contribution in [0.2, 0.25) is 10.0 Å². The average Bonchev–Trinajstić information content (AvgIpc) is 3.02. The Balaban J connectivity index is 1.74. The minimum absolute atomic E-state index is 0.00890.